The van der Waals surface area contributed by atoms with E-state index in [1.807, 2.05) is 43.3 Å². The average molecular weight is 444 g/mol. The van der Waals surface area contributed by atoms with Crippen LogP contribution in [0.4, 0.5) is 0 Å². The molecule has 3 rings (SSSR count). The maximum Gasteiger partial charge on any atom is 0.338 e. The van der Waals surface area contributed by atoms with Gasteiger partial charge in [0.05, 0.1) is 18.3 Å². The highest BCUT2D eigenvalue weighted by Crippen LogP contribution is 2.33. The van der Waals surface area contributed by atoms with Crippen molar-refractivity contribution in [3.63, 3.8) is 0 Å². The number of thioether (sulfide) groups is 1. The molecular formula is C22H25N3O5S. The van der Waals surface area contributed by atoms with Gasteiger partial charge in [0.2, 0.25) is 0 Å². The number of hydrogen-bond acceptors (Lipinski definition) is 7. The molecule has 0 saturated carbocycles. The largest absolute Gasteiger partial charge is 0.459 e. The highest BCUT2D eigenvalue weighted by atomic mass is 32.2. The maximum atomic E-state index is 12.3. The molecule has 0 bridgehead atoms. The maximum absolute atomic E-state index is 12.3. The average Bonchev–Trinajstić information content (AvgIpc) is 2.81. The Bertz CT molecular complexity index is 879. The van der Waals surface area contributed by atoms with Gasteiger partial charge in [-0.25, -0.2) is 4.79 Å². The third kappa shape index (κ3) is 6.22. The van der Waals surface area contributed by atoms with Gasteiger partial charge in [0.15, 0.2) is 0 Å². The van der Waals surface area contributed by atoms with Crippen LogP contribution in [0, 0.1) is 0 Å². The summed E-state index contributed by atoms with van der Waals surface area (Å²) in [7, 11) is 0. The normalized spacial score (nSPS) is 25.4. The number of rotatable bonds is 9. The van der Waals surface area contributed by atoms with Crippen molar-refractivity contribution < 1.29 is 24.1 Å². The Hall–Kier alpha value is -2.55. The van der Waals surface area contributed by atoms with E-state index in [2.05, 4.69) is 10.0 Å². The zero-order chi connectivity index (χ0) is 22.1. The molecule has 0 radical (unpaired) electrons. The minimum atomic E-state index is -1.14. The molecule has 0 amide bonds. The quantitative estimate of drug-likeness (QED) is 0.272. The van der Waals surface area contributed by atoms with E-state index in [9.17, 15) is 9.90 Å². The lowest BCUT2D eigenvalue weighted by atomic mass is 9.98. The molecule has 0 spiro atoms. The molecule has 31 heavy (non-hydrogen) atoms. The molecule has 1 N–H and O–H groups in total. The Balaban J connectivity index is 1.73. The molecule has 9 heteroatoms. The summed E-state index contributed by atoms with van der Waals surface area (Å²) < 4.78 is 17.3. The first-order valence-corrected chi connectivity index (χ1v) is 11.1. The van der Waals surface area contributed by atoms with E-state index < -0.39 is 35.8 Å². The summed E-state index contributed by atoms with van der Waals surface area (Å²) in [5, 5.41) is 14.8. The van der Waals surface area contributed by atoms with Crippen LogP contribution in [0.3, 0.4) is 0 Å². The molecule has 1 saturated heterocycles. The van der Waals surface area contributed by atoms with Gasteiger partial charge in [0.1, 0.15) is 30.3 Å². The van der Waals surface area contributed by atoms with Crippen molar-refractivity contribution in [1.82, 2.24) is 0 Å². The molecule has 1 fully saturated rings. The predicted molar refractivity (Wildman–Crippen MR) is 117 cm³/mol. The van der Waals surface area contributed by atoms with Crippen LogP contribution in [0.15, 0.2) is 65.8 Å². The first kappa shape index (κ1) is 23.1. The Morgan fingerprint density at radius 1 is 1.19 bits per heavy atom. The van der Waals surface area contributed by atoms with E-state index in [-0.39, 0.29) is 13.2 Å². The molecule has 164 valence electrons. The number of benzene rings is 2. The van der Waals surface area contributed by atoms with Crippen LogP contribution in [0.25, 0.3) is 10.4 Å². The minimum absolute atomic E-state index is 0.149. The van der Waals surface area contributed by atoms with E-state index in [0.29, 0.717) is 11.3 Å². The molecule has 1 aliphatic heterocycles. The van der Waals surface area contributed by atoms with Crippen LogP contribution in [0.5, 0.6) is 0 Å². The van der Waals surface area contributed by atoms with Gasteiger partial charge in [-0.1, -0.05) is 60.6 Å². The number of nitrogens with zero attached hydrogens (tertiary/aromatic N) is 3. The van der Waals surface area contributed by atoms with Gasteiger partial charge in [-0.05, 0) is 29.0 Å². The number of esters is 1. The summed E-state index contributed by atoms with van der Waals surface area (Å²) in [4.78, 5) is 15.2. The topological polar surface area (TPSA) is 114 Å². The third-order valence-electron chi connectivity index (χ3n) is 4.83. The molecule has 0 aromatic heterocycles. The Morgan fingerprint density at radius 2 is 1.87 bits per heavy atom. The highest BCUT2D eigenvalue weighted by molar-refractivity contribution is 7.99. The lowest BCUT2D eigenvalue weighted by molar-refractivity contribution is -0.185. The number of ether oxygens (including phenoxy) is 3. The molecule has 1 aliphatic rings. The summed E-state index contributed by atoms with van der Waals surface area (Å²) >= 11 is 1.44. The summed E-state index contributed by atoms with van der Waals surface area (Å²) in [5.41, 5.74) is 9.85. The van der Waals surface area contributed by atoms with Crippen molar-refractivity contribution in [1.29, 1.82) is 0 Å². The number of carbonyl (C=O) groups excluding carboxylic acids is 1. The fraction of sp³-hybridized carbons (Fsp3) is 0.409. The second-order valence-electron chi connectivity index (χ2n) is 6.91. The summed E-state index contributed by atoms with van der Waals surface area (Å²) in [5.74, 6) is 0.204. The van der Waals surface area contributed by atoms with Gasteiger partial charge < -0.3 is 19.3 Å². The number of hydrogen-bond donors (Lipinski definition) is 1. The van der Waals surface area contributed by atoms with Gasteiger partial charge in [0.25, 0.3) is 0 Å². The van der Waals surface area contributed by atoms with E-state index in [4.69, 9.17) is 19.7 Å². The second-order valence-corrected chi connectivity index (χ2v) is 8.29. The van der Waals surface area contributed by atoms with Gasteiger partial charge in [0, 0.05) is 4.91 Å². The monoisotopic (exact) mass is 443 g/mol. The van der Waals surface area contributed by atoms with Gasteiger partial charge in [-0.15, -0.1) is 11.8 Å². The van der Waals surface area contributed by atoms with Crippen LogP contribution in [-0.2, 0) is 20.8 Å². The summed E-state index contributed by atoms with van der Waals surface area (Å²) in [6.07, 6.45) is -2.77. The molecule has 0 unspecified atom stereocenters. The molecule has 5 atom stereocenters. The lowest BCUT2D eigenvalue weighted by Crippen LogP contribution is -2.58. The van der Waals surface area contributed by atoms with Crippen molar-refractivity contribution >= 4 is 17.7 Å². The van der Waals surface area contributed by atoms with E-state index in [0.717, 1.165) is 5.56 Å². The molecule has 1 heterocycles. The fourth-order valence-corrected chi connectivity index (χ4v) is 4.26. The van der Waals surface area contributed by atoms with Crippen molar-refractivity contribution in [2.24, 2.45) is 5.11 Å². The Morgan fingerprint density at radius 3 is 2.52 bits per heavy atom. The zero-order valence-electron chi connectivity index (χ0n) is 17.1. The van der Waals surface area contributed by atoms with Gasteiger partial charge >= 0.3 is 5.97 Å². The Kier molecular flexibility index (Phi) is 8.75. The number of aliphatic hydroxyl groups is 1. The van der Waals surface area contributed by atoms with Gasteiger partial charge in [-0.3, -0.25) is 0 Å². The minimum Gasteiger partial charge on any atom is -0.459 e. The lowest BCUT2D eigenvalue weighted by Gasteiger charge is -2.42. The SMILES string of the molecule is CCS[C@@H]1O[C@H](COC(=O)c2ccccc2)[C@@H](O)[C@H](OCc2ccccc2)[C@H]1N=[N+]=[N-]. The highest BCUT2D eigenvalue weighted by Gasteiger charge is 2.46. The van der Waals surface area contributed by atoms with Crippen LogP contribution in [0.2, 0.25) is 0 Å². The van der Waals surface area contributed by atoms with Crippen LogP contribution in [0.1, 0.15) is 22.8 Å². The standard InChI is InChI=1S/C22H25N3O5S/c1-2-31-22-18(24-25-23)20(28-13-15-9-5-3-6-10-15)19(26)17(30-22)14-29-21(27)16-11-7-4-8-12-16/h3-12,17-20,22,26H,2,13-14H2,1H3/t17-,18-,19-,20-,22+/m1/s1. The second kappa shape index (κ2) is 11.7. The van der Waals surface area contributed by atoms with Crippen molar-refractivity contribution in [2.75, 3.05) is 12.4 Å². The summed E-state index contributed by atoms with van der Waals surface area (Å²) in [6, 6.07) is 17.4. The third-order valence-corrected chi connectivity index (χ3v) is 5.88. The first-order chi connectivity index (χ1) is 15.1. The number of carbonyl (C=O) groups is 1. The van der Waals surface area contributed by atoms with Crippen molar-refractivity contribution in [3.05, 3.63) is 82.2 Å². The fourth-order valence-electron chi connectivity index (χ4n) is 3.30. The Labute approximate surface area is 185 Å². The van der Waals surface area contributed by atoms with E-state index in [1.165, 1.54) is 11.8 Å². The van der Waals surface area contributed by atoms with Crippen molar-refractivity contribution in [2.45, 2.75) is 43.3 Å². The zero-order valence-corrected chi connectivity index (χ0v) is 17.9. The van der Waals surface area contributed by atoms with E-state index in [1.54, 1.807) is 24.3 Å². The number of azide groups is 1. The van der Waals surface area contributed by atoms with Gasteiger partial charge in [-0.2, -0.15) is 0 Å². The van der Waals surface area contributed by atoms with Crippen LogP contribution in [-0.4, -0.2) is 53.2 Å². The molecule has 8 nitrogen and oxygen atoms in total. The molecule has 2 aromatic rings. The van der Waals surface area contributed by atoms with E-state index >= 15 is 0 Å². The molecule has 0 aliphatic carbocycles. The molecule has 2 aromatic carbocycles. The molecular weight excluding hydrogens is 418 g/mol. The smallest absolute Gasteiger partial charge is 0.338 e. The first-order valence-electron chi connectivity index (χ1n) is 10.0. The van der Waals surface area contributed by atoms with Crippen LogP contribution >= 0.6 is 11.8 Å². The number of aliphatic hydroxyl groups excluding tert-OH is 1. The predicted octanol–water partition coefficient (Wildman–Crippen LogP) is 3.95. The van der Waals surface area contributed by atoms with Crippen LogP contribution < -0.4 is 0 Å². The van der Waals surface area contributed by atoms with Crippen molar-refractivity contribution in [3.8, 4) is 0 Å². The summed E-state index contributed by atoms with van der Waals surface area (Å²) in [6.45, 7) is 2.04.